The number of hydrogen-bond donors (Lipinski definition) is 1. The van der Waals surface area contributed by atoms with Crippen LogP contribution in [0.3, 0.4) is 0 Å². The van der Waals surface area contributed by atoms with Gasteiger partial charge < -0.3 is 10.5 Å². The van der Waals surface area contributed by atoms with E-state index >= 15 is 0 Å². The molecule has 0 saturated carbocycles. The highest BCUT2D eigenvalue weighted by Gasteiger charge is 2.23. The molecule has 0 amide bonds. The number of nitriles is 1. The zero-order valence-electron chi connectivity index (χ0n) is 16.1. The lowest BCUT2D eigenvalue weighted by atomic mass is 10.0. The molecule has 146 valence electrons. The van der Waals surface area contributed by atoms with Crippen molar-refractivity contribution in [3.05, 3.63) is 61.8 Å². The van der Waals surface area contributed by atoms with Crippen molar-refractivity contribution in [3.63, 3.8) is 0 Å². The molecule has 0 bridgehead atoms. The number of hydrogen-bond acceptors (Lipinski definition) is 6. The standard InChI is InChI=1S/C20H22N4O4/c1-4-5-10-28-15-8-6-13(7-9-15)11-14(12-21)17(25)16-18(22)23(2)20(27)24(3)19(16)26/h6-9,11H,4-5,10,22H2,1-3H3/b14-11+. The molecule has 1 aromatic carbocycles. The maximum atomic E-state index is 12.8. The minimum Gasteiger partial charge on any atom is -0.494 e. The van der Waals surface area contributed by atoms with Gasteiger partial charge in [0, 0.05) is 14.1 Å². The third-order valence-corrected chi connectivity index (χ3v) is 4.26. The van der Waals surface area contributed by atoms with Crippen molar-refractivity contribution in [2.24, 2.45) is 14.1 Å². The largest absolute Gasteiger partial charge is 0.494 e. The zero-order valence-corrected chi connectivity index (χ0v) is 16.1. The number of carbonyl (C=O) groups is 1. The number of benzene rings is 1. The van der Waals surface area contributed by atoms with Gasteiger partial charge in [0.25, 0.3) is 5.56 Å². The van der Waals surface area contributed by atoms with Crippen molar-refractivity contribution in [3.8, 4) is 11.8 Å². The SMILES string of the molecule is CCCCOc1ccc(/C=C(\C#N)C(=O)c2c(N)n(C)c(=O)n(C)c2=O)cc1. The third-order valence-electron chi connectivity index (χ3n) is 4.26. The number of aromatic nitrogens is 2. The monoisotopic (exact) mass is 382 g/mol. The fourth-order valence-electron chi connectivity index (χ4n) is 2.52. The molecule has 0 atom stereocenters. The van der Waals surface area contributed by atoms with Crippen LogP contribution in [0.15, 0.2) is 39.4 Å². The molecule has 0 aliphatic rings. The number of nitrogens with zero attached hydrogens (tertiary/aromatic N) is 3. The second-order valence-corrected chi connectivity index (χ2v) is 6.24. The van der Waals surface area contributed by atoms with Gasteiger partial charge in [0.1, 0.15) is 28.8 Å². The second kappa shape index (κ2) is 8.86. The van der Waals surface area contributed by atoms with E-state index < -0.39 is 22.6 Å². The summed E-state index contributed by atoms with van der Waals surface area (Å²) in [5, 5.41) is 9.41. The maximum Gasteiger partial charge on any atom is 0.332 e. The van der Waals surface area contributed by atoms with Crippen LogP contribution in [0.4, 0.5) is 5.82 Å². The van der Waals surface area contributed by atoms with E-state index in [0.29, 0.717) is 17.9 Å². The van der Waals surface area contributed by atoms with Crippen LogP contribution in [0.1, 0.15) is 35.7 Å². The Bertz CT molecular complexity index is 1070. The number of nitrogens with two attached hydrogens (primary N) is 1. The highest BCUT2D eigenvalue weighted by molar-refractivity contribution is 6.16. The number of rotatable bonds is 7. The van der Waals surface area contributed by atoms with E-state index in [9.17, 15) is 19.6 Å². The van der Waals surface area contributed by atoms with Gasteiger partial charge in [0.2, 0.25) is 5.78 Å². The van der Waals surface area contributed by atoms with Crippen molar-refractivity contribution < 1.29 is 9.53 Å². The quantitative estimate of drug-likeness (QED) is 0.336. The van der Waals surface area contributed by atoms with Gasteiger partial charge in [-0.15, -0.1) is 0 Å². The molecule has 2 aromatic rings. The summed E-state index contributed by atoms with van der Waals surface area (Å²) in [6.45, 7) is 2.69. The van der Waals surface area contributed by atoms with Crippen LogP contribution in [-0.4, -0.2) is 21.5 Å². The van der Waals surface area contributed by atoms with Crippen LogP contribution >= 0.6 is 0 Å². The number of ether oxygens (including phenoxy) is 1. The van der Waals surface area contributed by atoms with Crippen LogP contribution in [0.2, 0.25) is 0 Å². The van der Waals surface area contributed by atoms with Crippen molar-refractivity contribution >= 4 is 17.7 Å². The van der Waals surface area contributed by atoms with Crippen molar-refractivity contribution in [1.29, 1.82) is 5.26 Å². The Labute approximate surface area is 162 Å². The van der Waals surface area contributed by atoms with Gasteiger partial charge in [-0.3, -0.25) is 18.7 Å². The van der Waals surface area contributed by atoms with E-state index in [-0.39, 0.29) is 11.4 Å². The number of carbonyl (C=O) groups excluding carboxylic acids is 1. The van der Waals surface area contributed by atoms with Gasteiger partial charge >= 0.3 is 5.69 Å². The Morgan fingerprint density at radius 1 is 1.21 bits per heavy atom. The highest BCUT2D eigenvalue weighted by Crippen LogP contribution is 2.17. The molecule has 8 heteroatoms. The van der Waals surface area contributed by atoms with E-state index in [4.69, 9.17) is 10.5 Å². The molecule has 2 rings (SSSR count). The minimum atomic E-state index is -0.841. The molecule has 1 aromatic heterocycles. The van der Waals surface area contributed by atoms with Gasteiger partial charge in [-0.2, -0.15) is 5.26 Å². The third kappa shape index (κ3) is 4.20. The lowest BCUT2D eigenvalue weighted by Gasteiger charge is -2.10. The summed E-state index contributed by atoms with van der Waals surface area (Å²) in [5.41, 5.74) is 4.22. The van der Waals surface area contributed by atoms with Crippen LogP contribution in [0.25, 0.3) is 6.08 Å². The maximum absolute atomic E-state index is 12.8. The van der Waals surface area contributed by atoms with E-state index in [0.717, 1.165) is 22.0 Å². The van der Waals surface area contributed by atoms with Crippen molar-refractivity contribution in [1.82, 2.24) is 9.13 Å². The Morgan fingerprint density at radius 2 is 1.86 bits per heavy atom. The second-order valence-electron chi connectivity index (χ2n) is 6.24. The van der Waals surface area contributed by atoms with Crippen molar-refractivity contribution in [2.75, 3.05) is 12.3 Å². The van der Waals surface area contributed by atoms with Gasteiger partial charge in [0.05, 0.1) is 6.61 Å². The topological polar surface area (TPSA) is 120 Å². The predicted molar refractivity (Wildman–Crippen MR) is 106 cm³/mol. The van der Waals surface area contributed by atoms with Gasteiger partial charge in [0.15, 0.2) is 0 Å². The summed E-state index contributed by atoms with van der Waals surface area (Å²) in [5.74, 6) is -0.426. The molecule has 0 aliphatic carbocycles. The summed E-state index contributed by atoms with van der Waals surface area (Å²) in [4.78, 5) is 37.0. The van der Waals surface area contributed by atoms with Crippen LogP contribution in [-0.2, 0) is 14.1 Å². The first-order valence-corrected chi connectivity index (χ1v) is 8.76. The van der Waals surface area contributed by atoms with Gasteiger partial charge in [-0.25, -0.2) is 4.79 Å². The summed E-state index contributed by atoms with van der Waals surface area (Å²) in [7, 11) is 2.59. The Kier molecular flexibility index (Phi) is 6.55. The molecule has 28 heavy (non-hydrogen) atoms. The van der Waals surface area contributed by atoms with Crippen LogP contribution in [0.5, 0.6) is 5.75 Å². The molecular weight excluding hydrogens is 360 g/mol. The Balaban J connectivity index is 2.39. The smallest absolute Gasteiger partial charge is 0.332 e. The number of Topliss-reactive ketones (excluding diaryl/α,β-unsaturated/α-hetero) is 1. The summed E-state index contributed by atoms with van der Waals surface area (Å²) in [6.07, 6.45) is 3.34. The average Bonchev–Trinajstić information content (AvgIpc) is 2.70. The molecule has 0 fully saturated rings. The number of ketones is 1. The fraction of sp³-hybridized carbons (Fsp3) is 0.300. The van der Waals surface area contributed by atoms with Gasteiger partial charge in [-0.1, -0.05) is 25.5 Å². The normalized spacial score (nSPS) is 11.1. The number of anilines is 1. The van der Waals surface area contributed by atoms with Crippen LogP contribution < -0.4 is 21.7 Å². The minimum absolute atomic E-state index is 0.262. The Morgan fingerprint density at radius 3 is 2.43 bits per heavy atom. The molecule has 0 radical (unpaired) electrons. The van der Waals surface area contributed by atoms with Crippen molar-refractivity contribution in [2.45, 2.75) is 19.8 Å². The van der Waals surface area contributed by atoms with E-state index in [1.54, 1.807) is 30.3 Å². The molecule has 0 saturated heterocycles. The summed E-state index contributed by atoms with van der Waals surface area (Å²) in [6, 6.07) is 8.68. The molecule has 0 unspecified atom stereocenters. The molecule has 0 aliphatic heterocycles. The molecular formula is C20H22N4O4. The first kappa shape index (κ1) is 20.7. The fourth-order valence-corrected chi connectivity index (χ4v) is 2.52. The highest BCUT2D eigenvalue weighted by atomic mass is 16.5. The number of nitrogen functional groups attached to an aromatic ring is 1. The summed E-state index contributed by atoms with van der Waals surface area (Å²) >= 11 is 0. The number of allylic oxidation sites excluding steroid dienone is 1. The van der Waals surface area contributed by atoms with Crippen LogP contribution in [0, 0.1) is 11.3 Å². The molecule has 8 nitrogen and oxygen atoms in total. The van der Waals surface area contributed by atoms with E-state index in [1.165, 1.54) is 20.2 Å². The lowest BCUT2D eigenvalue weighted by Crippen LogP contribution is -2.41. The molecule has 1 heterocycles. The van der Waals surface area contributed by atoms with E-state index in [1.807, 2.05) is 0 Å². The van der Waals surface area contributed by atoms with E-state index in [2.05, 4.69) is 6.92 Å². The predicted octanol–water partition coefficient (Wildman–Crippen LogP) is 1.63. The first-order chi connectivity index (χ1) is 13.3. The number of unbranched alkanes of at least 4 members (excludes halogenated alkanes) is 1. The lowest BCUT2D eigenvalue weighted by molar-refractivity contribution is 0.103. The first-order valence-electron chi connectivity index (χ1n) is 8.76. The average molecular weight is 382 g/mol. The molecule has 0 spiro atoms. The summed E-state index contributed by atoms with van der Waals surface area (Å²) < 4.78 is 7.34. The zero-order chi connectivity index (χ0) is 20.8. The van der Waals surface area contributed by atoms with Gasteiger partial charge in [-0.05, 0) is 30.2 Å². The molecule has 2 N–H and O–H groups in total. The Hall–Kier alpha value is -3.60.